The first-order valence-electron chi connectivity index (χ1n) is 7.53. The van der Waals surface area contributed by atoms with Crippen LogP contribution in [0.3, 0.4) is 0 Å². The highest BCUT2D eigenvalue weighted by atomic mass is 16.1. The lowest BCUT2D eigenvalue weighted by Crippen LogP contribution is -2.25. The summed E-state index contributed by atoms with van der Waals surface area (Å²) in [6.45, 7) is 3.37. The molecule has 6 heteroatoms. The number of anilines is 1. The number of nitrogens with one attached hydrogen (secondary N) is 2. The Bertz CT molecular complexity index is 571. The van der Waals surface area contributed by atoms with Gasteiger partial charge in [0.15, 0.2) is 0 Å². The topological polar surface area (TPSA) is 79.8 Å². The molecule has 0 fully saturated rings. The van der Waals surface area contributed by atoms with E-state index in [1.54, 1.807) is 12.4 Å². The molecule has 2 heterocycles. The fourth-order valence-corrected chi connectivity index (χ4v) is 1.89. The number of pyridine rings is 1. The average molecular weight is 299 g/mol. The van der Waals surface area contributed by atoms with Crippen LogP contribution in [0, 0.1) is 0 Å². The Morgan fingerprint density at radius 2 is 2.05 bits per heavy atom. The molecule has 2 rings (SSSR count). The van der Waals surface area contributed by atoms with Crippen molar-refractivity contribution < 1.29 is 4.79 Å². The zero-order valence-electron chi connectivity index (χ0n) is 12.7. The van der Waals surface area contributed by atoms with Gasteiger partial charge in [0.1, 0.15) is 11.5 Å². The number of amides is 1. The van der Waals surface area contributed by atoms with Gasteiger partial charge in [-0.1, -0.05) is 25.8 Å². The molecule has 0 atom stereocenters. The van der Waals surface area contributed by atoms with Crippen molar-refractivity contribution >= 4 is 11.7 Å². The molecule has 2 aromatic heterocycles. The fourth-order valence-electron chi connectivity index (χ4n) is 1.89. The van der Waals surface area contributed by atoms with Gasteiger partial charge in [-0.05, 0) is 18.6 Å². The number of rotatable bonds is 8. The minimum atomic E-state index is -0.181. The van der Waals surface area contributed by atoms with E-state index in [9.17, 15) is 4.79 Å². The van der Waals surface area contributed by atoms with Crippen LogP contribution >= 0.6 is 0 Å². The second-order valence-electron chi connectivity index (χ2n) is 4.92. The molecule has 116 valence electrons. The van der Waals surface area contributed by atoms with Crippen molar-refractivity contribution in [2.75, 3.05) is 11.9 Å². The van der Waals surface area contributed by atoms with Crippen molar-refractivity contribution in [3.05, 3.63) is 48.2 Å². The summed E-state index contributed by atoms with van der Waals surface area (Å²) in [5, 5.41) is 5.96. The van der Waals surface area contributed by atoms with E-state index >= 15 is 0 Å². The first kappa shape index (κ1) is 15.9. The van der Waals surface area contributed by atoms with E-state index in [0.29, 0.717) is 24.6 Å². The van der Waals surface area contributed by atoms with E-state index in [1.165, 1.54) is 6.20 Å². The van der Waals surface area contributed by atoms with Crippen LogP contribution in [0.25, 0.3) is 0 Å². The maximum Gasteiger partial charge on any atom is 0.271 e. The van der Waals surface area contributed by atoms with Crippen molar-refractivity contribution in [1.82, 2.24) is 20.3 Å². The van der Waals surface area contributed by atoms with Gasteiger partial charge in [-0.2, -0.15) is 0 Å². The molecule has 0 bridgehead atoms. The summed E-state index contributed by atoms with van der Waals surface area (Å²) in [6, 6.07) is 5.73. The molecule has 0 spiro atoms. The maximum atomic E-state index is 11.9. The van der Waals surface area contributed by atoms with Crippen LogP contribution in [-0.2, 0) is 6.54 Å². The summed E-state index contributed by atoms with van der Waals surface area (Å²) >= 11 is 0. The molecule has 0 aliphatic rings. The number of carbonyl (C=O) groups is 1. The highest BCUT2D eigenvalue weighted by molar-refractivity contribution is 5.91. The van der Waals surface area contributed by atoms with Crippen LogP contribution in [0.15, 0.2) is 36.8 Å². The minimum Gasteiger partial charge on any atom is -0.363 e. The summed E-state index contributed by atoms with van der Waals surface area (Å²) in [6.07, 6.45) is 8.02. The van der Waals surface area contributed by atoms with E-state index in [1.807, 2.05) is 18.2 Å². The standard InChI is InChI=1S/C16H21N5O/c1-2-3-5-9-18-16(22)14-11-21-15(12-19-14)20-10-13-7-4-6-8-17-13/h4,6-8,11-12H,2-3,5,9-10H2,1H3,(H,18,22)(H,20,21). The number of hydrogen-bond donors (Lipinski definition) is 2. The molecule has 0 saturated heterocycles. The first-order chi connectivity index (χ1) is 10.8. The van der Waals surface area contributed by atoms with Gasteiger partial charge >= 0.3 is 0 Å². The molecule has 22 heavy (non-hydrogen) atoms. The predicted octanol–water partition coefficient (Wildman–Crippen LogP) is 2.40. The van der Waals surface area contributed by atoms with Crippen molar-refractivity contribution in [3.8, 4) is 0 Å². The normalized spacial score (nSPS) is 10.2. The molecule has 0 radical (unpaired) electrons. The van der Waals surface area contributed by atoms with Crippen LogP contribution in [0.1, 0.15) is 42.4 Å². The van der Waals surface area contributed by atoms with Crippen LogP contribution in [0.4, 0.5) is 5.82 Å². The third-order valence-electron chi connectivity index (χ3n) is 3.13. The van der Waals surface area contributed by atoms with Gasteiger partial charge in [-0.25, -0.2) is 9.97 Å². The van der Waals surface area contributed by atoms with Gasteiger partial charge in [0.05, 0.1) is 24.6 Å². The second kappa shape index (κ2) is 8.71. The van der Waals surface area contributed by atoms with E-state index in [-0.39, 0.29) is 5.91 Å². The molecule has 2 N–H and O–H groups in total. The molecule has 0 unspecified atom stereocenters. The number of nitrogens with zero attached hydrogens (tertiary/aromatic N) is 3. The molecule has 1 amide bonds. The molecule has 0 aliphatic carbocycles. The highest BCUT2D eigenvalue weighted by Gasteiger charge is 2.07. The van der Waals surface area contributed by atoms with Gasteiger partial charge in [0.2, 0.25) is 0 Å². The fraction of sp³-hybridized carbons (Fsp3) is 0.375. The van der Waals surface area contributed by atoms with Crippen LogP contribution in [0.5, 0.6) is 0 Å². The summed E-state index contributed by atoms with van der Waals surface area (Å²) in [4.78, 5) is 24.4. The summed E-state index contributed by atoms with van der Waals surface area (Å²) in [5.41, 5.74) is 1.25. The monoisotopic (exact) mass is 299 g/mol. The van der Waals surface area contributed by atoms with Crippen molar-refractivity contribution in [2.45, 2.75) is 32.7 Å². The van der Waals surface area contributed by atoms with Gasteiger partial charge in [0.25, 0.3) is 5.91 Å². The third-order valence-corrected chi connectivity index (χ3v) is 3.13. The third kappa shape index (κ3) is 5.12. The molecular formula is C16H21N5O. The first-order valence-corrected chi connectivity index (χ1v) is 7.53. The Morgan fingerprint density at radius 3 is 2.73 bits per heavy atom. The molecule has 0 aromatic carbocycles. The molecule has 6 nitrogen and oxygen atoms in total. The average Bonchev–Trinajstić information content (AvgIpc) is 2.58. The predicted molar refractivity (Wildman–Crippen MR) is 85.5 cm³/mol. The van der Waals surface area contributed by atoms with E-state index in [2.05, 4.69) is 32.5 Å². The smallest absolute Gasteiger partial charge is 0.271 e. The lowest BCUT2D eigenvalue weighted by molar-refractivity contribution is 0.0947. The Hall–Kier alpha value is -2.50. The van der Waals surface area contributed by atoms with Crippen molar-refractivity contribution in [2.24, 2.45) is 0 Å². The summed E-state index contributed by atoms with van der Waals surface area (Å²) in [5.74, 6) is 0.438. The van der Waals surface area contributed by atoms with Gasteiger partial charge < -0.3 is 10.6 Å². The molecule has 0 saturated carbocycles. The van der Waals surface area contributed by atoms with Gasteiger partial charge in [-0.15, -0.1) is 0 Å². The van der Waals surface area contributed by atoms with Crippen LogP contribution < -0.4 is 10.6 Å². The van der Waals surface area contributed by atoms with E-state index < -0.39 is 0 Å². The Morgan fingerprint density at radius 1 is 1.14 bits per heavy atom. The zero-order valence-corrected chi connectivity index (χ0v) is 12.7. The Balaban J connectivity index is 1.81. The van der Waals surface area contributed by atoms with Crippen molar-refractivity contribution in [3.63, 3.8) is 0 Å². The summed E-state index contributed by atoms with van der Waals surface area (Å²) in [7, 11) is 0. The maximum absolute atomic E-state index is 11.9. The van der Waals surface area contributed by atoms with E-state index in [0.717, 1.165) is 25.0 Å². The molecule has 0 aliphatic heterocycles. The largest absolute Gasteiger partial charge is 0.363 e. The van der Waals surface area contributed by atoms with E-state index in [4.69, 9.17) is 0 Å². The van der Waals surface area contributed by atoms with Crippen molar-refractivity contribution in [1.29, 1.82) is 0 Å². The highest BCUT2D eigenvalue weighted by Crippen LogP contribution is 2.04. The quantitative estimate of drug-likeness (QED) is 0.732. The Kier molecular flexibility index (Phi) is 6.29. The lowest BCUT2D eigenvalue weighted by atomic mass is 10.2. The SMILES string of the molecule is CCCCCNC(=O)c1cnc(NCc2ccccn2)cn1. The number of aromatic nitrogens is 3. The number of hydrogen-bond acceptors (Lipinski definition) is 5. The zero-order chi connectivity index (χ0) is 15.6. The Labute approximate surface area is 130 Å². The molecular weight excluding hydrogens is 278 g/mol. The van der Waals surface area contributed by atoms with Gasteiger partial charge in [-0.3, -0.25) is 9.78 Å². The van der Waals surface area contributed by atoms with Crippen LogP contribution in [-0.4, -0.2) is 27.4 Å². The minimum absolute atomic E-state index is 0.181. The van der Waals surface area contributed by atoms with Gasteiger partial charge in [0, 0.05) is 12.7 Å². The summed E-state index contributed by atoms with van der Waals surface area (Å²) < 4.78 is 0. The van der Waals surface area contributed by atoms with Crippen LogP contribution in [0.2, 0.25) is 0 Å². The second-order valence-corrected chi connectivity index (χ2v) is 4.92. The molecule has 2 aromatic rings. The number of unbranched alkanes of at least 4 members (excludes halogenated alkanes) is 2. The number of carbonyl (C=O) groups excluding carboxylic acids is 1. The lowest BCUT2D eigenvalue weighted by Gasteiger charge is -2.06.